The standard InChI is InChI=1S/C20H21N3O6S/c1-27-18-6-5-13(10-19(18)28-2)21-20(24)15-11-16(17-4-3-8-29-17)23(22-15)14-7-9-30(25,26)12-14/h3-6,8,10-11,14H,7,9,12H2,1-2H3,(H,21,24). The molecule has 0 saturated carbocycles. The van der Waals surface area contributed by atoms with E-state index in [0.717, 1.165) is 0 Å². The molecule has 0 radical (unpaired) electrons. The van der Waals surface area contributed by atoms with Gasteiger partial charge in [-0.05, 0) is 30.7 Å². The molecule has 3 aromatic rings. The quantitative estimate of drug-likeness (QED) is 0.638. The lowest BCUT2D eigenvalue weighted by atomic mass is 10.2. The normalized spacial score (nSPS) is 17.6. The molecule has 1 atom stereocenters. The topological polar surface area (TPSA) is 113 Å². The highest BCUT2D eigenvalue weighted by Crippen LogP contribution is 2.32. The Hall–Kier alpha value is -3.27. The second-order valence-corrected chi connectivity index (χ2v) is 9.15. The van der Waals surface area contributed by atoms with Crippen molar-refractivity contribution in [2.24, 2.45) is 0 Å². The van der Waals surface area contributed by atoms with Crippen LogP contribution in [0.5, 0.6) is 11.5 Å². The van der Waals surface area contributed by atoms with Gasteiger partial charge in [-0.3, -0.25) is 9.48 Å². The number of nitrogens with zero attached hydrogens (tertiary/aromatic N) is 2. The maximum atomic E-state index is 12.8. The number of carbonyl (C=O) groups excluding carboxylic acids is 1. The summed E-state index contributed by atoms with van der Waals surface area (Å²) in [5, 5.41) is 7.19. The summed E-state index contributed by atoms with van der Waals surface area (Å²) in [5.41, 5.74) is 1.22. The number of ether oxygens (including phenoxy) is 2. The number of aromatic nitrogens is 2. The van der Waals surface area contributed by atoms with Gasteiger partial charge in [0, 0.05) is 17.8 Å². The maximum absolute atomic E-state index is 12.8. The summed E-state index contributed by atoms with van der Waals surface area (Å²) in [5.74, 6) is 1.18. The summed E-state index contributed by atoms with van der Waals surface area (Å²) in [6, 6.07) is 9.73. The van der Waals surface area contributed by atoms with Gasteiger partial charge in [-0.25, -0.2) is 8.42 Å². The minimum Gasteiger partial charge on any atom is -0.493 e. The second kappa shape index (κ2) is 7.86. The van der Waals surface area contributed by atoms with Crippen LogP contribution in [-0.4, -0.2) is 49.8 Å². The highest BCUT2D eigenvalue weighted by molar-refractivity contribution is 7.91. The van der Waals surface area contributed by atoms with Crippen molar-refractivity contribution >= 4 is 21.4 Å². The van der Waals surface area contributed by atoms with Crippen molar-refractivity contribution in [1.29, 1.82) is 0 Å². The molecule has 10 heteroatoms. The van der Waals surface area contributed by atoms with Gasteiger partial charge in [-0.1, -0.05) is 0 Å². The molecular weight excluding hydrogens is 410 g/mol. The largest absolute Gasteiger partial charge is 0.493 e. The summed E-state index contributed by atoms with van der Waals surface area (Å²) in [6.45, 7) is 0. The number of hydrogen-bond acceptors (Lipinski definition) is 7. The van der Waals surface area contributed by atoms with E-state index >= 15 is 0 Å². The zero-order valence-electron chi connectivity index (χ0n) is 16.5. The van der Waals surface area contributed by atoms with E-state index in [1.165, 1.54) is 20.5 Å². The van der Waals surface area contributed by atoms with Gasteiger partial charge in [0.15, 0.2) is 32.8 Å². The van der Waals surface area contributed by atoms with E-state index in [-0.39, 0.29) is 23.2 Å². The molecule has 9 nitrogen and oxygen atoms in total. The van der Waals surface area contributed by atoms with E-state index in [0.29, 0.717) is 35.1 Å². The van der Waals surface area contributed by atoms with E-state index in [1.807, 2.05) is 0 Å². The van der Waals surface area contributed by atoms with Crippen molar-refractivity contribution in [3.8, 4) is 23.0 Å². The molecule has 1 aromatic carbocycles. The first kappa shape index (κ1) is 20.0. The summed E-state index contributed by atoms with van der Waals surface area (Å²) in [4.78, 5) is 12.8. The molecule has 1 N–H and O–H groups in total. The zero-order chi connectivity index (χ0) is 21.3. The van der Waals surface area contributed by atoms with Crippen LogP contribution in [0.25, 0.3) is 11.5 Å². The lowest BCUT2D eigenvalue weighted by Gasteiger charge is -2.11. The number of sulfone groups is 1. The monoisotopic (exact) mass is 431 g/mol. The molecule has 158 valence electrons. The highest BCUT2D eigenvalue weighted by Gasteiger charge is 2.32. The molecular formula is C20H21N3O6S. The maximum Gasteiger partial charge on any atom is 0.276 e. The smallest absolute Gasteiger partial charge is 0.276 e. The molecule has 1 unspecified atom stereocenters. The molecule has 0 aliphatic carbocycles. The van der Waals surface area contributed by atoms with Crippen LogP contribution < -0.4 is 14.8 Å². The molecule has 1 amide bonds. The van der Waals surface area contributed by atoms with Crippen molar-refractivity contribution in [2.45, 2.75) is 12.5 Å². The third kappa shape index (κ3) is 3.90. The molecule has 1 aliphatic rings. The molecule has 2 aromatic heterocycles. The SMILES string of the molecule is COc1ccc(NC(=O)c2cc(-c3ccco3)n(C3CCS(=O)(=O)C3)n2)cc1OC. The Kier molecular flexibility index (Phi) is 5.25. The highest BCUT2D eigenvalue weighted by atomic mass is 32.2. The van der Waals surface area contributed by atoms with Crippen LogP contribution in [-0.2, 0) is 9.84 Å². The first-order chi connectivity index (χ1) is 14.4. The fraction of sp³-hybridized carbons (Fsp3) is 0.300. The lowest BCUT2D eigenvalue weighted by molar-refractivity contribution is 0.102. The van der Waals surface area contributed by atoms with Gasteiger partial charge in [0.2, 0.25) is 0 Å². The Morgan fingerprint density at radius 1 is 1.20 bits per heavy atom. The minimum atomic E-state index is -3.12. The molecule has 1 fully saturated rings. The molecule has 1 saturated heterocycles. The average Bonchev–Trinajstić information content (AvgIpc) is 3.46. The third-order valence-electron chi connectivity index (χ3n) is 4.94. The average molecular weight is 431 g/mol. The summed E-state index contributed by atoms with van der Waals surface area (Å²) < 4.78 is 41.4. The van der Waals surface area contributed by atoms with Gasteiger partial charge in [0.05, 0.1) is 38.0 Å². The van der Waals surface area contributed by atoms with Crippen molar-refractivity contribution in [1.82, 2.24) is 9.78 Å². The van der Waals surface area contributed by atoms with Gasteiger partial charge in [-0.2, -0.15) is 5.10 Å². The van der Waals surface area contributed by atoms with E-state index in [4.69, 9.17) is 13.9 Å². The Labute approximate surface area is 173 Å². The number of benzene rings is 1. The number of methoxy groups -OCH3 is 2. The third-order valence-corrected chi connectivity index (χ3v) is 6.69. The van der Waals surface area contributed by atoms with Gasteiger partial charge in [0.25, 0.3) is 5.91 Å². The number of rotatable bonds is 6. The fourth-order valence-electron chi connectivity index (χ4n) is 3.47. The van der Waals surface area contributed by atoms with Crippen molar-refractivity contribution in [3.05, 3.63) is 48.4 Å². The van der Waals surface area contributed by atoms with Crippen LogP contribution >= 0.6 is 0 Å². The minimum absolute atomic E-state index is 0.0148. The number of anilines is 1. The molecule has 30 heavy (non-hydrogen) atoms. The first-order valence-corrected chi connectivity index (χ1v) is 11.1. The second-order valence-electron chi connectivity index (χ2n) is 6.92. The Bertz CT molecular complexity index is 1170. The number of carbonyl (C=O) groups is 1. The Morgan fingerprint density at radius 3 is 2.63 bits per heavy atom. The predicted octanol–water partition coefficient (Wildman–Crippen LogP) is 2.77. The van der Waals surface area contributed by atoms with Crippen molar-refractivity contribution in [2.75, 3.05) is 31.0 Å². The fourth-order valence-corrected chi connectivity index (χ4v) is 5.16. The molecule has 1 aliphatic heterocycles. The summed E-state index contributed by atoms with van der Waals surface area (Å²) in [6.07, 6.45) is 1.95. The molecule has 4 rings (SSSR count). The summed E-state index contributed by atoms with van der Waals surface area (Å²) in [7, 11) is -0.0806. The van der Waals surface area contributed by atoms with E-state index in [2.05, 4.69) is 10.4 Å². The van der Waals surface area contributed by atoms with Crippen molar-refractivity contribution < 1.29 is 27.1 Å². The van der Waals surface area contributed by atoms with Crippen LogP contribution in [0.4, 0.5) is 5.69 Å². The van der Waals surface area contributed by atoms with Gasteiger partial charge >= 0.3 is 0 Å². The van der Waals surface area contributed by atoms with Crippen molar-refractivity contribution in [3.63, 3.8) is 0 Å². The number of amides is 1. The van der Waals surface area contributed by atoms with Crippen LogP contribution in [0.3, 0.4) is 0 Å². The van der Waals surface area contributed by atoms with E-state index < -0.39 is 15.7 Å². The number of furan rings is 1. The first-order valence-electron chi connectivity index (χ1n) is 9.27. The van der Waals surface area contributed by atoms with Gasteiger partial charge in [0.1, 0.15) is 5.69 Å². The number of hydrogen-bond donors (Lipinski definition) is 1. The number of nitrogens with one attached hydrogen (secondary N) is 1. The Balaban J connectivity index is 1.64. The molecule has 3 heterocycles. The van der Waals surface area contributed by atoms with Crippen LogP contribution in [0.15, 0.2) is 47.1 Å². The molecule has 0 spiro atoms. The van der Waals surface area contributed by atoms with E-state index in [1.54, 1.807) is 41.1 Å². The molecule has 0 bridgehead atoms. The zero-order valence-corrected chi connectivity index (χ0v) is 17.3. The van der Waals surface area contributed by atoms with Gasteiger partial charge < -0.3 is 19.2 Å². The Morgan fingerprint density at radius 2 is 2.00 bits per heavy atom. The van der Waals surface area contributed by atoms with Crippen LogP contribution in [0.2, 0.25) is 0 Å². The van der Waals surface area contributed by atoms with Crippen LogP contribution in [0, 0.1) is 0 Å². The van der Waals surface area contributed by atoms with Gasteiger partial charge in [-0.15, -0.1) is 0 Å². The van der Waals surface area contributed by atoms with Crippen LogP contribution in [0.1, 0.15) is 23.0 Å². The summed E-state index contributed by atoms with van der Waals surface area (Å²) >= 11 is 0. The van der Waals surface area contributed by atoms with E-state index in [9.17, 15) is 13.2 Å². The lowest BCUT2D eigenvalue weighted by Crippen LogP contribution is -2.16. The predicted molar refractivity (Wildman–Crippen MR) is 110 cm³/mol.